The van der Waals surface area contributed by atoms with Crippen LogP contribution in [0.15, 0.2) is 22.6 Å². The van der Waals surface area contributed by atoms with Crippen LogP contribution in [-0.2, 0) is 0 Å². The van der Waals surface area contributed by atoms with Gasteiger partial charge in [0.25, 0.3) is 0 Å². The van der Waals surface area contributed by atoms with Crippen molar-refractivity contribution >= 4 is 25.3 Å². The average Bonchev–Trinajstić information content (AvgIpc) is 2.15. The van der Waals surface area contributed by atoms with Crippen molar-refractivity contribution in [3.8, 4) is 0 Å². The molecule has 1 rings (SSSR count). The summed E-state index contributed by atoms with van der Waals surface area (Å²) in [7, 11) is 0.120. The van der Waals surface area contributed by atoms with E-state index in [1.165, 1.54) is 22.9 Å². The van der Waals surface area contributed by atoms with Gasteiger partial charge in [0, 0.05) is 8.80 Å². The van der Waals surface area contributed by atoms with Gasteiger partial charge >= 0.3 is 45.6 Å². The standard InChI is InChI=1S/C5H7Ge.C3H9Si/c6-5-3-1-2-4-5;1-4(2)3/h1-3H,4,6H2;1-3H3. The van der Waals surface area contributed by atoms with E-state index in [1.54, 1.807) is 4.41 Å². The summed E-state index contributed by atoms with van der Waals surface area (Å²) in [6.07, 6.45) is 7.73. The van der Waals surface area contributed by atoms with Crippen LogP contribution >= 0.6 is 0 Å². The third-order valence-corrected chi connectivity index (χ3v) is 1.95. The summed E-state index contributed by atoms with van der Waals surface area (Å²) in [6.45, 7) is 6.81. The van der Waals surface area contributed by atoms with Crippen LogP contribution in [0.1, 0.15) is 6.42 Å². The maximum atomic E-state index is 2.27. The van der Waals surface area contributed by atoms with Crippen LogP contribution in [0.4, 0.5) is 0 Å². The van der Waals surface area contributed by atoms with E-state index in [0.717, 1.165) is 0 Å². The van der Waals surface area contributed by atoms with Crippen molar-refractivity contribution < 1.29 is 0 Å². The van der Waals surface area contributed by atoms with Crippen molar-refractivity contribution in [2.45, 2.75) is 26.1 Å². The summed E-state index contributed by atoms with van der Waals surface area (Å²) < 4.78 is 1.59. The van der Waals surface area contributed by atoms with Crippen molar-refractivity contribution in [2.75, 3.05) is 0 Å². The number of hydrogen-bond acceptors (Lipinski definition) is 0. The molecule has 0 bridgehead atoms. The normalized spacial score (nSPS) is 14.7. The van der Waals surface area contributed by atoms with E-state index in [9.17, 15) is 0 Å². The minimum atomic E-state index is 0.120. The third kappa shape index (κ3) is 8.24. The van der Waals surface area contributed by atoms with Crippen LogP contribution < -0.4 is 0 Å². The Morgan fingerprint density at radius 3 is 2.00 bits per heavy atom. The van der Waals surface area contributed by atoms with E-state index in [1.807, 2.05) is 0 Å². The molecule has 10 heavy (non-hydrogen) atoms. The molecule has 0 fully saturated rings. The number of hydrogen-bond donors (Lipinski definition) is 0. The van der Waals surface area contributed by atoms with Gasteiger partial charge in [0.1, 0.15) is 0 Å². The first-order valence-corrected chi connectivity index (χ1v) is 8.05. The Hall–Kier alpha value is 0.240. The molecule has 1 aliphatic rings. The van der Waals surface area contributed by atoms with Crippen molar-refractivity contribution in [1.82, 2.24) is 0 Å². The SMILES string of the molecule is C[Si](C)C.[GeH2][C]1=CC=CC1. The minimum absolute atomic E-state index is 0.120. The van der Waals surface area contributed by atoms with Gasteiger partial charge in [-0.2, -0.15) is 0 Å². The molecule has 2 radical (unpaired) electrons. The fourth-order valence-electron chi connectivity index (χ4n) is 0.492. The second-order valence-corrected chi connectivity index (χ2v) is 7.86. The average molecular weight is 213 g/mol. The monoisotopic (exact) mass is 214 g/mol. The van der Waals surface area contributed by atoms with Gasteiger partial charge in [0.15, 0.2) is 0 Å². The first-order valence-electron chi connectivity index (χ1n) is 3.57. The Morgan fingerprint density at radius 1 is 1.40 bits per heavy atom. The molecule has 0 unspecified atom stereocenters. The van der Waals surface area contributed by atoms with Gasteiger partial charge in [-0.05, 0) is 0 Å². The van der Waals surface area contributed by atoms with Gasteiger partial charge in [-0.1, -0.05) is 19.6 Å². The zero-order valence-electron chi connectivity index (χ0n) is 7.15. The molecule has 0 amide bonds. The van der Waals surface area contributed by atoms with Crippen LogP contribution in [0, 0.1) is 0 Å². The van der Waals surface area contributed by atoms with E-state index < -0.39 is 0 Å². The van der Waals surface area contributed by atoms with Gasteiger partial charge < -0.3 is 0 Å². The summed E-state index contributed by atoms with van der Waals surface area (Å²) in [4.78, 5) is 0. The quantitative estimate of drug-likeness (QED) is 0.538. The molecule has 56 valence electrons. The van der Waals surface area contributed by atoms with Gasteiger partial charge in [-0.15, -0.1) is 0 Å². The Kier molecular flexibility index (Phi) is 6.13. The van der Waals surface area contributed by atoms with E-state index in [2.05, 4.69) is 37.9 Å². The van der Waals surface area contributed by atoms with Crippen molar-refractivity contribution in [2.24, 2.45) is 0 Å². The molecule has 0 aromatic heterocycles. The summed E-state index contributed by atoms with van der Waals surface area (Å²) >= 11 is 1.34. The summed E-state index contributed by atoms with van der Waals surface area (Å²) in [6, 6.07) is 0. The molecule has 0 aliphatic heterocycles. The number of rotatable bonds is 0. The molecule has 0 aromatic rings. The second kappa shape index (κ2) is 5.98. The first kappa shape index (κ1) is 10.2. The van der Waals surface area contributed by atoms with E-state index in [4.69, 9.17) is 0 Å². The molecule has 0 spiro atoms. The van der Waals surface area contributed by atoms with E-state index >= 15 is 0 Å². The van der Waals surface area contributed by atoms with Gasteiger partial charge in [0.2, 0.25) is 0 Å². The maximum absolute atomic E-state index is 2.27. The van der Waals surface area contributed by atoms with Gasteiger partial charge in [0.05, 0.1) is 0 Å². The topological polar surface area (TPSA) is 0 Å². The third-order valence-electron chi connectivity index (χ3n) is 0.848. The molecule has 0 saturated heterocycles. The molecule has 0 heterocycles. The number of allylic oxidation sites excluding steroid dienone is 4. The predicted molar refractivity (Wildman–Crippen MR) is 53.7 cm³/mol. The first-order chi connectivity index (χ1) is 4.63. The van der Waals surface area contributed by atoms with E-state index in [0.29, 0.717) is 0 Å². The Labute approximate surface area is 74.2 Å². The predicted octanol–water partition coefficient (Wildman–Crippen LogP) is 1.83. The molecular weight excluding hydrogens is 197 g/mol. The molecule has 0 atom stereocenters. The van der Waals surface area contributed by atoms with Crippen LogP contribution in [-0.4, -0.2) is 25.3 Å². The zero-order chi connectivity index (χ0) is 7.98. The molecule has 0 saturated carbocycles. The molecule has 0 aromatic carbocycles. The van der Waals surface area contributed by atoms with Gasteiger partial charge in [-0.25, -0.2) is 0 Å². The van der Waals surface area contributed by atoms with Crippen molar-refractivity contribution in [1.29, 1.82) is 0 Å². The van der Waals surface area contributed by atoms with Gasteiger partial charge in [-0.3, -0.25) is 0 Å². The fourth-order valence-corrected chi connectivity index (χ4v) is 1.13. The molecule has 1 aliphatic carbocycles. The van der Waals surface area contributed by atoms with Crippen molar-refractivity contribution in [3.05, 3.63) is 22.6 Å². The molecular formula is C8H16GeSi. The zero-order valence-corrected chi connectivity index (χ0v) is 11.1. The Morgan fingerprint density at radius 2 is 1.90 bits per heavy atom. The summed E-state index contributed by atoms with van der Waals surface area (Å²) in [5.74, 6) is 0. The summed E-state index contributed by atoms with van der Waals surface area (Å²) in [5.41, 5.74) is 0. The fraction of sp³-hybridized carbons (Fsp3) is 0.500. The van der Waals surface area contributed by atoms with Crippen LogP contribution in [0.3, 0.4) is 0 Å². The van der Waals surface area contributed by atoms with Crippen LogP contribution in [0.25, 0.3) is 0 Å². The molecule has 2 heteroatoms. The van der Waals surface area contributed by atoms with Crippen LogP contribution in [0.5, 0.6) is 0 Å². The van der Waals surface area contributed by atoms with E-state index in [-0.39, 0.29) is 8.80 Å². The van der Waals surface area contributed by atoms with Crippen LogP contribution in [0.2, 0.25) is 19.6 Å². The summed E-state index contributed by atoms with van der Waals surface area (Å²) in [5, 5.41) is 0. The molecule has 0 nitrogen and oxygen atoms in total. The second-order valence-electron chi connectivity index (χ2n) is 2.96. The van der Waals surface area contributed by atoms with Crippen molar-refractivity contribution in [3.63, 3.8) is 0 Å². The molecule has 0 N–H and O–H groups in total. The Balaban J connectivity index is 0.000000180. The Bertz CT molecular complexity index is 133.